The molecule has 0 fully saturated rings. The van der Waals surface area contributed by atoms with Gasteiger partial charge in [-0.25, -0.2) is 9.67 Å². The number of benzene rings is 2. The smallest absolute Gasteiger partial charge is 0.277 e. The van der Waals surface area contributed by atoms with E-state index in [1.165, 1.54) is 4.68 Å². The second-order valence-corrected chi connectivity index (χ2v) is 8.44. The van der Waals surface area contributed by atoms with Crippen LogP contribution in [0.2, 0.25) is 0 Å². The molecule has 0 aliphatic rings. The third-order valence-corrected chi connectivity index (χ3v) is 5.46. The molecule has 0 bridgehead atoms. The molecule has 1 N–H and O–H groups in total. The van der Waals surface area contributed by atoms with Crippen molar-refractivity contribution in [2.24, 2.45) is 5.92 Å². The summed E-state index contributed by atoms with van der Waals surface area (Å²) >= 11 is 0. The van der Waals surface area contributed by atoms with E-state index in [2.05, 4.69) is 34.5 Å². The van der Waals surface area contributed by atoms with Crippen LogP contribution in [0, 0.1) is 5.92 Å². The minimum atomic E-state index is -0.225. The quantitative estimate of drug-likeness (QED) is 0.445. The lowest BCUT2D eigenvalue weighted by molar-refractivity contribution is -0.116. The first-order valence-corrected chi connectivity index (χ1v) is 11.0. The van der Waals surface area contributed by atoms with Gasteiger partial charge in [0, 0.05) is 25.2 Å². The molecule has 2 aromatic carbocycles. The molecule has 0 saturated heterocycles. The summed E-state index contributed by atoms with van der Waals surface area (Å²) < 4.78 is 2.88. The maximum absolute atomic E-state index is 12.8. The fraction of sp³-hybridized carbons (Fsp3) is 0.333. The topological polar surface area (TPSA) is 112 Å². The number of aromatic nitrogens is 5. The second kappa shape index (κ2) is 9.72. The van der Waals surface area contributed by atoms with Gasteiger partial charge in [0.2, 0.25) is 5.91 Å². The van der Waals surface area contributed by atoms with Crippen LogP contribution in [0.5, 0.6) is 0 Å². The summed E-state index contributed by atoms with van der Waals surface area (Å²) in [6.07, 6.45) is 3.08. The number of hydrogen-bond donors (Lipinski definition) is 1. The lowest BCUT2D eigenvalue weighted by Gasteiger charge is -2.10. The Kier molecular flexibility index (Phi) is 6.58. The normalized spacial score (nSPS) is 11.4. The molecule has 0 atom stereocenters. The molecule has 1 amide bonds. The average Bonchev–Trinajstić information content (AvgIpc) is 2.80. The number of fused-ring (bicyclic) bond motifs is 2. The lowest BCUT2D eigenvalue weighted by atomic mass is 10.1. The number of rotatable bonds is 8. The van der Waals surface area contributed by atoms with Crippen LogP contribution in [-0.2, 0) is 17.9 Å². The van der Waals surface area contributed by atoms with Gasteiger partial charge in [-0.15, -0.1) is 5.10 Å². The van der Waals surface area contributed by atoms with Gasteiger partial charge >= 0.3 is 0 Å². The predicted molar refractivity (Wildman–Crippen MR) is 127 cm³/mol. The van der Waals surface area contributed by atoms with Gasteiger partial charge in [0.05, 0.1) is 22.6 Å². The maximum atomic E-state index is 12.8. The van der Waals surface area contributed by atoms with E-state index in [0.29, 0.717) is 46.4 Å². The molecule has 2 aromatic heterocycles. The van der Waals surface area contributed by atoms with Gasteiger partial charge in [-0.05, 0) is 49.1 Å². The van der Waals surface area contributed by atoms with Gasteiger partial charge in [-0.2, -0.15) is 0 Å². The first kappa shape index (κ1) is 22.3. The molecule has 0 radical (unpaired) electrons. The minimum absolute atomic E-state index is 0.119. The van der Waals surface area contributed by atoms with Crippen molar-refractivity contribution < 1.29 is 4.79 Å². The highest BCUT2D eigenvalue weighted by molar-refractivity contribution is 5.93. The molecule has 9 heteroatoms. The zero-order chi connectivity index (χ0) is 23.4. The fourth-order valence-corrected chi connectivity index (χ4v) is 3.58. The molecule has 0 aliphatic heterocycles. The van der Waals surface area contributed by atoms with Gasteiger partial charge < -0.3 is 5.32 Å². The van der Waals surface area contributed by atoms with Crippen molar-refractivity contribution in [1.29, 1.82) is 0 Å². The van der Waals surface area contributed by atoms with E-state index in [4.69, 9.17) is 0 Å². The Hall–Kier alpha value is -3.88. The SMILES string of the molecule is CC(C)CCn1cnc2ccc(NC(=O)CCCn3nnc4ccccc4c3=O)cc2c1=O. The van der Waals surface area contributed by atoms with Crippen molar-refractivity contribution in [3.05, 3.63) is 69.5 Å². The van der Waals surface area contributed by atoms with E-state index < -0.39 is 0 Å². The highest BCUT2D eigenvalue weighted by Crippen LogP contribution is 2.15. The largest absolute Gasteiger partial charge is 0.326 e. The highest BCUT2D eigenvalue weighted by atomic mass is 16.2. The third kappa shape index (κ3) is 5.14. The van der Waals surface area contributed by atoms with Crippen molar-refractivity contribution in [1.82, 2.24) is 24.5 Å². The van der Waals surface area contributed by atoms with Crippen LogP contribution in [0.1, 0.15) is 33.1 Å². The third-order valence-electron chi connectivity index (χ3n) is 5.46. The van der Waals surface area contributed by atoms with E-state index in [0.717, 1.165) is 6.42 Å². The molecule has 0 spiro atoms. The maximum Gasteiger partial charge on any atom is 0.277 e. The number of nitrogens with zero attached hydrogens (tertiary/aromatic N) is 5. The number of aryl methyl sites for hydroxylation is 2. The van der Waals surface area contributed by atoms with E-state index >= 15 is 0 Å². The van der Waals surface area contributed by atoms with Gasteiger partial charge in [0.25, 0.3) is 11.1 Å². The Bertz CT molecular complexity index is 1420. The molecule has 0 unspecified atom stereocenters. The number of anilines is 1. The molecule has 0 aliphatic carbocycles. The van der Waals surface area contributed by atoms with Crippen LogP contribution < -0.4 is 16.4 Å². The van der Waals surface area contributed by atoms with Crippen LogP contribution in [-0.4, -0.2) is 30.5 Å². The zero-order valence-electron chi connectivity index (χ0n) is 18.7. The van der Waals surface area contributed by atoms with Gasteiger partial charge in [0.15, 0.2) is 0 Å². The number of carbonyl (C=O) groups is 1. The molecule has 2 heterocycles. The van der Waals surface area contributed by atoms with E-state index in [1.54, 1.807) is 53.4 Å². The van der Waals surface area contributed by atoms with Gasteiger partial charge in [0.1, 0.15) is 5.52 Å². The number of hydrogen-bond acceptors (Lipinski definition) is 6. The van der Waals surface area contributed by atoms with Crippen LogP contribution >= 0.6 is 0 Å². The highest BCUT2D eigenvalue weighted by Gasteiger charge is 2.10. The zero-order valence-corrected chi connectivity index (χ0v) is 18.7. The van der Waals surface area contributed by atoms with Gasteiger partial charge in [-0.3, -0.25) is 19.0 Å². The van der Waals surface area contributed by atoms with Crippen molar-refractivity contribution >= 4 is 33.4 Å². The summed E-state index contributed by atoms with van der Waals surface area (Å²) in [6, 6.07) is 12.1. The molecular formula is C24H26N6O3. The van der Waals surface area contributed by atoms with Crippen molar-refractivity contribution in [3.63, 3.8) is 0 Å². The molecule has 0 saturated carbocycles. The fourth-order valence-electron chi connectivity index (χ4n) is 3.58. The lowest BCUT2D eigenvalue weighted by Crippen LogP contribution is -2.25. The minimum Gasteiger partial charge on any atom is -0.326 e. The molecular weight excluding hydrogens is 420 g/mol. The molecule has 4 aromatic rings. The standard InChI is InChI=1S/C24H26N6O3/c1-16(2)11-13-29-15-25-20-10-9-17(14-19(20)23(29)32)26-22(31)8-5-12-30-24(33)18-6-3-4-7-21(18)27-28-30/h3-4,6-7,9-10,14-16H,5,8,11-13H2,1-2H3,(H,26,31). The van der Waals surface area contributed by atoms with Crippen molar-refractivity contribution in [2.45, 2.75) is 46.2 Å². The van der Waals surface area contributed by atoms with E-state index in [-0.39, 0.29) is 30.0 Å². The molecule has 4 rings (SSSR count). The van der Waals surface area contributed by atoms with E-state index in [9.17, 15) is 14.4 Å². The predicted octanol–water partition coefficient (Wildman–Crippen LogP) is 2.97. The average molecular weight is 447 g/mol. The summed E-state index contributed by atoms with van der Waals surface area (Å²) in [5, 5.41) is 11.8. The summed E-state index contributed by atoms with van der Waals surface area (Å²) in [5.41, 5.74) is 1.33. The van der Waals surface area contributed by atoms with Gasteiger partial charge in [-0.1, -0.05) is 31.2 Å². The van der Waals surface area contributed by atoms with E-state index in [1.807, 2.05) is 0 Å². The number of amides is 1. The Morgan fingerprint density at radius 1 is 1.00 bits per heavy atom. The summed E-state index contributed by atoms with van der Waals surface area (Å²) in [4.78, 5) is 42.1. The van der Waals surface area contributed by atoms with Crippen LogP contribution in [0.15, 0.2) is 58.4 Å². The number of carbonyl (C=O) groups excluding carboxylic acids is 1. The Morgan fingerprint density at radius 3 is 2.64 bits per heavy atom. The number of nitrogens with one attached hydrogen (secondary N) is 1. The van der Waals surface area contributed by atoms with Crippen molar-refractivity contribution in [3.8, 4) is 0 Å². The Balaban J connectivity index is 1.40. The first-order chi connectivity index (χ1) is 15.9. The monoisotopic (exact) mass is 446 g/mol. The van der Waals surface area contributed by atoms with Crippen LogP contribution in [0.3, 0.4) is 0 Å². The summed E-state index contributed by atoms with van der Waals surface area (Å²) in [6.45, 7) is 5.10. The van der Waals surface area contributed by atoms with Crippen molar-refractivity contribution in [2.75, 3.05) is 5.32 Å². The summed E-state index contributed by atoms with van der Waals surface area (Å²) in [7, 11) is 0. The Morgan fingerprint density at radius 2 is 1.82 bits per heavy atom. The van der Waals surface area contributed by atoms with Crippen LogP contribution in [0.25, 0.3) is 21.8 Å². The Labute approximate surface area is 190 Å². The molecule has 9 nitrogen and oxygen atoms in total. The second-order valence-electron chi connectivity index (χ2n) is 8.44. The molecule has 33 heavy (non-hydrogen) atoms. The first-order valence-electron chi connectivity index (χ1n) is 11.0. The van der Waals surface area contributed by atoms with Crippen LogP contribution in [0.4, 0.5) is 5.69 Å². The summed E-state index contributed by atoms with van der Waals surface area (Å²) in [5.74, 6) is 0.273. The molecule has 170 valence electrons.